The zero-order valence-corrected chi connectivity index (χ0v) is 18.5. The van der Waals surface area contributed by atoms with Crippen molar-refractivity contribution < 1.29 is 8.42 Å². The van der Waals surface area contributed by atoms with Gasteiger partial charge in [-0.1, -0.05) is 19.9 Å². The molecule has 1 saturated heterocycles. The highest BCUT2D eigenvalue weighted by molar-refractivity contribution is 14.0. The molecule has 1 aliphatic heterocycles. The highest BCUT2D eigenvalue weighted by atomic mass is 127. The number of hydrogen-bond acceptors (Lipinski definition) is 4. The molecule has 1 aromatic heterocycles. The number of thiophene rings is 1. The molecule has 1 atom stereocenters. The van der Waals surface area contributed by atoms with Gasteiger partial charge in [0.15, 0.2) is 15.8 Å². The maximum absolute atomic E-state index is 11.5. The van der Waals surface area contributed by atoms with Crippen molar-refractivity contribution >= 4 is 51.1 Å². The normalized spacial score (nSPS) is 20.5. The lowest BCUT2D eigenvalue weighted by atomic mass is 9.92. The van der Waals surface area contributed by atoms with E-state index in [1.165, 1.54) is 4.88 Å². The maximum atomic E-state index is 11.5. The third-order valence-electron chi connectivity index (χ3n) is 4.05. The van der Waals surface area contributed by atoms with Crippen molar-refractivity contribution in [3.05, 3.63) is 22.4 Å². The second-order valence-corrected chi connectivity index (χ2v) is 9.88. The fraction of sp³-hybridized carbons (Fsp3) is 0.688. The smallest absolute Gasteiger partial charge is 0.191 e. The van der Waals surface area contributed by atoms with Crippen molar-refractivity contribution in [2.75, 3.05) is 31.1 Å². The number of halogens is 1. The average molecular weight is 485 g/mol. The van der Waals surface area contributed by atoms with Crippen LogP contribution in [0.2, 0.25) is 0 Å². The first kappa shape index (κ1) is 21.7. The van der Waals surface area contributed by atoms with E-state index in [-0.39, 0.29) is 35.3 Å². The van der Waals surface area contributed by atoms with E-state index in [0.717, 1.165) is 18.9 Å². The maximum Gasteiger partial charge on any atom is 0.191 e. The number of aliphatic imine (C=N–C) groups is 1. The van der Waals surface area contributed by atoms with Crippen LogP contribution in [0.3, 0.4) is 0 Å². The van der Waals surface area contributed by atoms with Crippen LogP contribution in [-0.2, 0) is 15.3 Å². The van der Waals surface area contributed by atoms with Gasteiger partial charge in [-0.2, -0.15) is 0 Å². The fourth-order valence-electron chi connectivity index (χ4n) is 2.63. The summed E-state index contributed by atoms with van der Waals surface area (Å²) in [5.74, 6) is 1.56. The molecule has 5 nitrogen and oxygen atoms in total. The third kappa shape index (κ3) is 6.51. The van der Waals surface area contributed by atoms with Gasteiger partial charge in [0.2, 0.25) is 0 Å². The van der Waals surface area contributed by atoms with Crippen molar-refractivity contribution in [1.29, 1.82) is 0 Å². The van der Waals surface area contributed by atoms with Gasteiger partial charge in [-0.3, -0.25) is 4.99 Å². The molecule has 1 aliphatic rings. The Morgan fingerprint density at radius 1 is 1.42 bits per heavy atom. The highest BCUT2D eigenvalue weighted by Crippen LogP contribution is 2.27. The lowest BCUT2D eigenvalue weighted by Crippen LogP contribution is -2.41. The van der Waals surface area contributed by atoms with Crippen LogP contribution < -0.4 is 10.6 Å². The predicted molar refractivity (Wildman–Crippen MR) is 114 cm³/mol. The Morgan fingerprint density at radius 3 is 2.71 bits per heavy atom. The van der Waals surface area contributed by atoms with Crippen LogP contribution in [0.1, 0.15) is 32.1 Å². The SMILES string of the molecule is CCNC(=NCC(C)(C)c1cccs1)NCC1CCS(=O)(=O)C1.I. The molecule has 2 heterocycles. The second kappa shape index (κ2) is 9.38. The zero-order chi connectivity index (χ0) is 16.9. The molecule has 0 aliphatic carbocycles. The van der Waals surface area contributed by atoms with Crippen molar-refractivity contribution in [2.24, 2.45) is 10.9 Å². The van der Waals surface area contributed by atoms with Gasteiger partial charge in [-0.05, 0) is 30.7 Å². The summed E-state index contributed by atoms with van der Waals surface area (Å²) in [6.07, 6.45) is 0.745. The summed E-state index contributed by atoms with van der Waals surface area (Å²) < 4.78 is 23.1. The molecule has 0 spiro atoms. The van der Waals surface area contributed by atoms with Crippen LogP contribution in [-0.4, -0.2) is 45.5 Å². The topological polar surface area (TPSA) is 70.6 Å². The molecule has 0 bridgehead atoms. The Bertz CT molecular complexity index is 628. The zero-order valence-electron chi connectivity index (χ0n) is 14.5. The van der Waals surface area contributed by atoms with Crippen molar-refractivity contribution in [2.45, 2.75) is 32.6 Å². The van der Waals surface area contributed by atoms with E-state index in [2.05, 4.69) is 42.0 Å². The van der Waals surface area contributed by atoms with Gasteiger partial charge in [-0.25, -0.2) is 8.42 Å². The lowest BCUT2D eigenvalue weighted by Gasteiger charge is -2.22. The molecule has 0 saturated carbocycles. The standard InChI is InChI=1S/C16H27N3O2S2.HI/c1-4-17-15(18-10-13-7-9-23(20,21)11-13)19-12-16(2,3)14-6-5-8-22-14;/h5-6,8,13H,4,7,9-12H2,1-3H3,(H2,17,18,19);1H. The van der Waals surface area contributed by atoms with Crippen LogP contribution in [0.5, 0.6) is 0 Å². The molecule has 1 fully saturated rings. The monoisotopic (exact) mass is 485 g/mol. The Morgan fingerprint density at radius 2 is 2.17 bits per heavy atom. The number of rotatable bonds is 6. The summed E-state index contributed by atoms with van der Waals surface area (Å²) in [5, 5.41) is 8.62. The van der Waals surface area contributed by atoms with E-state index < -0.39 is 9.84 Å². The number of sulfone groups is 1. The van der Waals surface area contributed by atoms with Gasteiger partial charge in [0.05, 0.1) is 18.1 Å². The molecule has 24 heavy (non-hydrogen) atoms. The van der Waals surface area contributed by atoms with E-state index in [0.29, 0.717) is 24.6 Å². The minimum Gasteiger partial charge on any atom is -0.357 e. The quantitative estimate of drug-likeness (QED) is 0.369. The van der Waals surface area contributed by atoms with Crippen LogP contribution in [0.15, 0.2) is 22.5 Å². The van der Waals surface area contributed by atoms with E-state index in [4.69, 9.17) is 4.99 Å². The molecular weight excluding hydrogens is 457 g/mol. The number of hydrogen-bond donors (Lipinski definition) is 2. The first-order valence-corrected chi connectivity index (χ1v) is 10.8. The summed E-state index contributed by atoms with van der Waals surface area (Å²) in [7, 11) is -2.82. The van der Waals surface area contributed by atoms with Crippen LogP contribution in [0, 0.1) is 5.92 Å². The molecule has 0 aromatic carbocycles. The average Bonchev–Trinajstić information content (AvgIpc) is 3.12. The molecule has 2 rings (SSSR count). The Hall–Kier alpha value is -0.350. The summed E-state index contributed by atoms with van der Waals surface area (Å²) in [6.45, 7) is 8.54. The van der Waals surface area contributed by atoms with Crippen molar-refractivity contribution in [1.82, 2.24) is 10.6 Å². The molecule has 0 radical (unpaired) electrons. The number of guanidine groups is 1. The molecule has 8 heteroatoms. The first-order chi connectivity index (χ1) is 10.8. The van der Waals surface area contributed by atoms with Crippen LogP contribution in [0.4, 0.5) is 0 Å². The highest BCUT2D eigenvalue weighted by Gasteiger charge is 2.28. The van der Waals surface area contributed by atoms with Gasteiger partial charge in [-0.15, -0.1) is 35.3 Å². The molecule has 138 valence electrons. The molecule has 2 N–H and O–H groups in total. The second-order valence-electron chi connectivity index (χ2n) is 6.71. The van der Waals surface area contributed by atoms with Gasteiger partial charge in [0.1, 0.15) is 0 Å². The Balaban J connectivity index is 0.00000288. The summed E-state index contributed by atoms with van der Waals surface area (Å²) >= 11 is 1.75. The van der Waals surface area contributed by atoms with Crippen molar-refractivity contribution in [3.8, 4) is 0 Å². The first-order valence-electron chi connectivity index (χ1n) is 8.09. The van der Waals surface area contributed by atoms with E-state index in [1.807, 2.05) is 6.92 Å². The third-order valence-corrected chi connectivity index (χ3v) is 7.12. The summed E-state index contributed by atoms with van der Waals surface area (Å²) in [6, 6.07) is 4.21. The number of nitrogens with zero attached hydrogens (tertiary/aromatic N) is 1. The van der Waals surface area contributed by atoms with Gasteiger partial charge in [0, 0.05) is 23.4 Å². The Kier molecular flexibility index (Phi) is 8.47. The molecule has 0 amide bonds. The van der Waals surface area contributed by atoms with Gasteiger partial charge in [0.25, 0.3) is 0 Å². The van der Waals surface area contributed by atoms with Crippen molar-refractivity contribution in [3.63, 3.8) is 0 Å². The van der Waals surface area contributed by atoms with E-state index in [1.54, 1.807) is 11.3 Å². The van der Waals surface area contributed by atoms with Crippen LogP contribution >= 0.6 is 35.3 Å². The number of nitrogens with one attached hydrogen (secondary N) is 2. The Labute approximate surface area is 166 Å². The van der Waals surface area contributed by atoms with Gasteiger partial charge >= 0.3 is 0 Å². The van der Waals surface area contributed by atoms with Gasteiger partial charge < -0.3 is 10.6 Å². The minimum absolute atomic E-state index is 0. The predicted octanol–water partition coefficient (Wildman–Crippen LogP) is 2.63. The summed E-state index contributed by atoms with van der Waals surface area (Å²) in [5.41, 5.74) is -0.00673. The van der Waals surface area contributed by atoms with E-state index in [9.17, 15) is 8.42 Å². The summed E-state index contributed by atoms with van der Waals surface area (Å²) in [4.78, 5) is 6.01. The lowest BCUT2D eigenvalue weighted by molar-refractivity contribution is 0.541. The molecular formula is C16H28IN3O2S2. The molecule has 1 aromatic rings. The van der Waals surface area contributed by atoms with Crippen LogP contribution in [0.25, 0.3) is 0 Å². The largest absolute Gasteiger partial charge is 0.357 e. The fourth-order valence-corrected chi connectivity index (χ4v) is 5.34. The minimum atomic E-state index is -2.82. The van der Waals surface area contributed by atoms with E-state index >= 15 is 0 Å². The molecule has 1 unspecified atom stereocenters.